The lowest BCUT2D eigenvalue weighted by Crippen LogP contribution is -2.22. The Morgan fingerprint density at radius 3 is 3.00 bits per heavy atom. The maximum absolute atomic E-state index is 5.90. The van der Waals surface area contributed by atoms with E-state index in [0.29, 0.717) is 19.1 Å². The Balaban J connectivity index is 2.03. The van der Waals surface area contributed by atoms with Crippen molar-refractivity contribution in [2.45, 2.75) is 19.9 Å². The van der Waals surface area contributed by atoms with Gasteiger partial charge in [-0.1, -0.05) is 12.1 Å². The largest absolute Gasteiger partial charge is 0.493 e. The van der Waals surface area contributed by atoms with Crippen LogP contribution in [0.15, 0.2) is 23.2 Å². The first-order valence-corrected chi connectivity index (χ1v) is 6.50. The van der Waals surface area contributed by atoms with Crippen LogP contribution in [0.25, 0.3) is 0 Å². The summed E-state index contributed by atoms with van der Waals surface area (Å²) in [5.74, 6) is 1.43. The molecule has 1 aromatic rings. The number of hydrogen-bond donors (Lipinski definition) is 2. The topological polar surface area (TPSA) is 82.9 Å². The molecule has 0 radical (unpaired) electrons. The Morgan fingerprint density at radius 2 is 2.32 bits per heavy atom. The van der Waals surface area contributed by atoms with Gasteiger partial charge in [0.05, 0.1) is 19.8 Å². The van der Waals surface area contributed by atoms with Crippen LogP contribution in [-0.2, 0) is 11.3 Å². The van der Waals surface area contributed by atoms with Gasteiger partial charge in [0.15, 0.2) is 5.96 Å². The van der Waals surface area contributed by atoms with Gasteiger partial charge in [0.2, 0.25) is 0 Å². The van der Waals surface area contributed by atoms with E-state index in [1.165, 1.54) is 0 Å². The normalized spacial score (nSPS) is 18.3. The van der Waals surface area contributed by atoms with Gasteiger partial charge in [-0.25, -0.2) is 4.99 Å². The highest BCUT2D eigenvalue weighted by Crippen LogP contribution is 2.23. The van der Waals surface area contributed by atoms with Crippen molar-refractivity contribution in [3.05, 3.63) is 29.3 Å². The van der Waals surface area contributed by atoms with Gasteiger partial charge in [-0.05, 0) is 25.0 Å². The van der Waals surface area contributed by atoms with E-state index < -0.39 is 0 Å². The molecule has 104 valence electrons. The van der Waals surface area contributed by atoms with E-state index in [4.69, 9.17) is 20.9 Å². The van der Waals surface area contributed by atoms with Crippen LogP contribution in [0.1, 0.15) is 17.5 Å². The second-order valence-corrected chi connectivity index (χ2v) is 4.89. The molecule has 0 bridgehead atoms. The number of aryl methyl sites for hydroxylation is 1. The highest BCUT2D eigenvalue weighted by molar-refractivity contribution is 5.75. The minimum absolute atomic E-state index is 0.0933. The zero-order valence-corrected chi connectivity index (χ0v) is 11.3. The lowest BCUT2D eigenvalue weighted by molar-refractivity contribution is 0.166. The summed E-state index contributed by atoms with van der Waals surface area (Å²) in [4.78, 5) is 4.03. The van der Waals surface area contributed by atoms with E-state index in [9.17, 15) is 0 Å². The molecule has 1 aliphatic heterocycles. The minimum atomic E-state index is 0.0933. The molecular formula is C14H21N3O2. The fraction of sp³-hybridized carbons (Fsp3) is 0.500. The summed E-state index contributed by atoms with van der Waals surface area (Å²) >= 11 is 0. The Labute approximate surface area is 113 Å². The summed E-state index contributed by atoms with van der Waals surface area (Å²) in [6.07, 6.45) is 1.06. The number of benzene rings is 1. The summed E-state index contributed by atoms with van der Waals surface area (Å²) in [7, 11) is 0. The number of hydrogen-bond acceptors (Lipinski definition) is 3. The lowest BCUT2D eigenvalue weighted by Gasteiger charge is -2.14. The van der Waals surface area contributed by atoms with Crippen molar-refractivity contribution in [3.63, 3.8) is 0 Å². The molecule has 19 heavy (non-hydrogen) atoms. The Bertz CT molecular complexity index is 450. The summed E-state index contributed by atoms with van der Waals surface area (Å²) in [6.45, 7) is 4.78. The maximum atomic E-state index is 5.90. The van der Waals surface area contributed by atoms with Crippen LogP contribution < -0.4 is 16.2 Å². The SMILES string of the molecule is Cc1ccc(CN=C(N)N)c(OCC2CCOC2)c1. The molecule has 1 unspecified atom stereocenters. The third-order valence-electron chi connectivity index (χ3n) is 3.15. The van der Waals surface area contributed by atoms with Gasteiger partial charge in [-0.2, -0.15) is 0 Å². The average molecular weight is 263 g/mol. The third kappa shape index (κ3) is 4.13. The second kappa shape index (κ2) is 6.43. The number of nitrogens with two attached hydrogens (primary N) is 2. The van der Waals surface area contributed by atoms with Crippen molar-refractivity contribution in [1.82, 2.24) is 0 Å². The highest BCUT2D eigenvalue weighted by atomic mass is 16.5. The molecular weight excluding hydrogens is 242 g/mol. The molecule has 5 heteroatoms. The number of nitrogens with zero attached hydrogens (tertiary/aromatic N) is 1. The summed E-state index contributed by atoms with van der Waals surface area (Å²) in [5, 5.41) is 0. The Hall–Kier alpha value is -1.75. The van der Waals surface area contributed by atoms with Crippen molar-refractivity contribution < 1.29 is 9.47 Å². The molecule has 1 fully saturated rings. The van der Waals surface area contributed by atoms with Crippen LogP contribution in [-0.4, -0.2) is 25.8 Å². The van der Waals surface area contributed by atoms with E-state index in [1.54, 1.807) is 0 Å². The van der Waals surface area contributed by atoms with Gasteiger partial charge in [-0.15, -0.1) is 0 Å². The smallest absolute Gasteiger partial charge is 0.186 e. The minimum Gasteiger partial charge on any atom is -0.493 e. The molecule has 1 atom stereocenters. The lowest BCUT2D eigenvalue weighted by atomic mass is 10.1. The highest BCUT2D eigenvalue weighted by Gasteiger charge is 2.16. The van der Waals surface area contributed by atoms with Gasteiger partial charge in [0.25, 0.3) is 0 Å². The van der Waals surface area contributed by atoms with E-state index in [0.717, 1.165) is 36.5 Å². The van der Waals surface area contributed by atoms with Gasteiger partial charge in [0.1, 0.15) is 5.75 Å². The monoisotopic (exact) mass is 263 g/mol. The van der Waals surface area contributed by atoms with E-state index >= 15 is 0 Å². The zero-order chi connectivity index (χ0) is 13.7. The van der Waals surface area contributed by atoms with Crippen LogP contribution >= 0.6 is 0 Å². The molecule has 0 aromatic heterocycles. The molecule has 1 saturated heterocycles. The summed E-state index contributed by atoms with van der Waals surface area (Å²) in [6, 6.07) is 6.05. The molecule has 4 N–H and O–H groups in total. The quantitative estimate of drug-likeness (QED) is 0.617. The van der Waals surface area contributed by atoms with Crippen molar-refractivity contribution in [1.29, 1.82) is 0 Å². The van der Waals surface area contributed by atoms with Crippen LogP contribution in [0.3, 0.4) is 0 Å². The third-order valence-corrected chi connectivity index (χ3v) is 3.15. The standard InChI is InChI=1S/C14H21N3O2/c1-10-2-3-12(7-17-14(15)16)13(6-10)19-9-11-4-5-18-8-11/h2-3,6,11H,4-5,7-9H2,1H3,(H4,15,16,17). The van der Waals surface area contributed by atoms with Crippen molar-refractivity contribution in [2.75, 3.05) is 19.8 Å². The second-order valence-electron chi connectivity index (χ2n) is 4.89. The molecule has 0 saturated carbocycles. The number of aliphatic imine (C=N–C) groups is 1. The van der Waals surface area contributed by atoms with Gasteiger partial charge < -0.3 is 20.9 Å². The van der Waals surface area contributed by atoms with Gasteiger partial charge in [0, 0.05) is 18.1 Å². The first-order valence-electron chi connectivity index (χ1n) is 6.50. The first-order chi connectivity index (χ1) is 9.15. The summed E-state index contributed by atoms with van der Waals surface area (Å²) < 4.78 is 11.2. The molecule has 5 nitrogen and oxygen atoms in total. The fourth-order valence-corrected chi connectivity index (χ4v) is 2.03. The van der Waals surface area contributed by atoms with E-state index in [1.807, 2.05) is 25.1 Å². The van der Waals surface area contributed by atoms with Crippen LogP contribution in [0, 0.1) is 12.8 Å². The molecule has 0 amide bonds. The van der Waals surface area contributed by atoms with Crippen LogP contribution in [0.5, 0.6) is 5.75 Å². The maximum Gasteiger partial charge on any atom is 0.186 e. The number of rotatable bonds is 5. The van der Waals surface area contributed by atoms with E-state index in [2.05, 4.69) is 4.99 Å². The predicted molar refractivity (Wildman–Crippen MR) is 75.1 cm³/mol. The van der Waals surface area contributed by atoms with Crippen LogP contribution in [0.4, 0.5) is 0 Å². The molecule has 2 rings (SSSR count). The first kappa shape index (κ1) is 13.7. The van der Waals surface area contributed by atoms with Gasteiger partial charge in [-0.3, -0.25) is 0 Å². The zero-order valence-electron chi connectivity index (χ0n) is 11.3. The molecule has 1 aliphatic rings. The Morgan fingerprint density at radius 1 is 1.47 bits per heavy atom. The average Bonchev–Trinajstić information content (AvgIpc) is 2.88. The van der Waals surface area contributed by atoms with Crippen molar-refractivity contribution >= 4 is 5.96 Å². The molecule has 0 spiro atoms. The number of guanidine groups is 1. The van der Waals surface area contributed by atoms with Crippen molar-refractivity contribution in [2.24, 2.45) is 22.4 Å². The summed E-state index contributed by atoms with van der Waals surface area (Å²) in [5.41, 5.74) is 12.9. The molecule has 1 heterocycles. The Kier molecular flexibility index (Phi) is 4.63. The van der Waals surface area contributed by atoms with Crippen molar-refractivity contribution in [3.8, 4) is 5.75 Å². The van der Waals surface area contributed by atoms with E-state index in [-0.39, 0.29) is 5.96 Å². The number of ether oxygens (including phenoxy) is 2. The predicted octanol–water partition coefficient (Wildman–Crippen LogP) is 1.18. The molecule has 1 aromatic carbocycles. The molecule has 0 aliphatic carbocycles. The van der Waals surface area contributed by atoms with Gasteiger partial charge >= 0.3 is 0 Å². The van der Waals surface area contributed by atoms with Crippen LogP contribution in [0.2, 0.25) is 0 Å². The fourth-order valence-electron chi connectivity index (χ4n) is 2.03.